The Balaban J connectivity index is 1.58. The smallest absolute Gasteiger partial charge is 0.411 e. The first-order chi connectivity index (χ1) is 8.75. The highest BCUT2D eigenvalue weighted by Crippen LogP contribution is 2.29. The zero-order chi connectivity index (χ0) is 12.5. The van der Waals surface area contributed by atoms with Gasteiger partial charge in [-0.05, 0) is 12.0 Å². The van der Waals surface area contributed by atoms with Crippen molar-refractivity contribution in [2.75, 3.05) is 6.54 Å². The lowest BCUT2D eigenvalue weighted by Crippen LogP contribution is -2.71. The zero-order valence-electron chi connectivity index (χ0n) is 9.83. The molecule has 5 heteroatoms. The van der Waals surface area contributed by atoms with Gasteiger partial charge in [0.15, 0.2) is 0 Å². The summed E-state index contributed by atoms with van der Waals surface area (Å²) >= 11 is 0. The van der Waals surface area contributed by atoms with E-state index < -0.39 is 6.09 Å². The van der Waals surface area contributed by atoms with Gasteiger partial charge < -0.3 is 10.1 Å². The molecule has 2 bridgehead atoms. The molecule has 2 atom stereocenters. The number of piperazine rings is 1. The van der Waals surface area contributed by atoms with Crippen LogP contribution in [0.4, 0.5) is 4.79 Å². The van der Waals surface area contributed by atoms with E-state index in [0.717, 1.165) is 12.0 Å². The molecule has 3 aliphatic rings. The van der Waals surface area contributed by atoms with Crippen LogP contribution in [0.3, 0.4) is 0 Å². The van der Waals surface area contributed by atoms with Crippen LogP contribution >= 0.6 is 0 Å². The summed E-state index contributed by atoms with van der Waals surface area (Å²) in [6, 6.07) is 9.29. The summed E-state index contributed by atoms with van der Waals surface area (Å²) < 4.78 is 5.22. The zero-order valence-corrected chi connectivity index (χ0v) is 9.83. The fraction of sp³-hybridized carbons (Fsp3) is 0.385. The number of piperidine rings is 1. The van der Waals surface area contributed by atoms with Gasteiger partial charge in [0, 0.05) is 6.54 Å². The number of amides is 2. The van der Waals surface area contributed by atoms with Crippen molar-refractivity contribution in [1.29, 1.82) is 0 Å². The molecule has 0 aromatic heterocycles. The molecule has 3 saturated heterocycles. The Labute approximate surface area is 105 Å². The minimum absolute atomic E-state index is 0.0749. The van der Waals surface area contributed by atoms with Crippen LogP contribution in [0, 0.1) is 0 Å². The van der Waals surface area contributed by atoms with Gasteiger partial charge >= 0.3 is 6.09 Å². The lowest BCUT2D eigenvalue weighted by molar-refractivity contribution is -0.139. The van der Waals surface area contributed by atoms with E-state index in [1.165, 1.54) is 0 Å². The number of nitrogens with one attached hydrogen (secondary N) is 1. The number of rotatable bonds is 2. The van der Waals surface area contributed by atoms with Crippen LogP contribution in [0.25, 0.3) is 0 Å². The van der Waals surface area contributed by atoms with Gasteiger partial charge in [0.25, 0.3) is 0 Å². The number of carbonyl (C=O) groups is 2. The van der Waals surface area contributed by atoms with Crippen molar-refractivity contribution in [3.63, 3.8) is 0 Å². The van der Waals surface area contributed by atoms with Gasteiger partial charge in [0.2, 0.25) is 5.91 Å². The van der Waals surface area contributed by atoms with Gasteiger partial charge in [0.1, 0.15) is 12.6 Å². The van der Waals surface area contributed by atoms with Crippen molar-refractivity contribution in [2.45, 2.75) is 25.1 Å². The van der Waals surface area contributed by atoms with Crippen LogP contribution in [0.15, 0.2) is 30.3 Å². The van der Waals surface area contributed by atoms with Crippen LogP contribution in [0.5, 0.6) is 0 Å². The number of carbonyl (C=O) groups excluding carboxylic acids is 2. The summed E-state index contributed by atoms with van der Waals surface area (Å²) in [7, 11) is 0. The molecule has 0 spiro atoms. The minimum atomic E-state index is -0.394. The third-order valence-corrected chi connectivity index (χ3v) is 3.46. The first kappa shape index (κ1) is 11.1. The van der Waals surface area contributed by atoms with Crippen molar-refractivity contribution in [3.05, 3.63) is 35.9 Å². The minimum Gasteiger partial charge on any atom is -0.445 e. The van der Waals surface area contributed by atoms with E-state index in [0.29, 0.717) is 6.54 Å². The summed E-state index contributed by atoms with van der Waals surface area (Å²) in [5.74, 6) is -0.0749. The summed E-state index contributed by atoms with van der Waals surface area (Å²) in [6.07, 6.45) is 0.363. The number of hydrogen-bond acceptors (Lipinski definition) is 3. The van der Waals surface area contributed by atoms with E-state index in [1.54, 1.807) is 4.90 Å². The first-order valence-electron chi connectivity index (χ1n) is 6.02. The third-order valence-electron chi connectivity index (χ3n) is 3.46. The molecule has 3 fully saturated rings. The quantitative estimate of drug-likeness (QED) is 0.843. The average molecular weight is 246 g/mol. The van der Waals surface area contributed by atoms with Crippen molar-refractivity contribution in [3.8, 4) is 0 Å². The molecule has 1 N–H and O–H groups in total. The van der Waals surface area contributed by atoms with Gasteiger partial charge in [-0.1, -0.05) is 30.3 Å². The van der Waals surface area contributed by atoms with E-state index in [4.69, 9.17) is 4.74 Å². The largest absolute Gasteiger partial charge is 0.445 e. The summed E-state index contributed by atoms with van der Waals surface area (Å²) in [4.78, 5) is 24.9. The summed E-state index contributed by atoms with van der Waals surface area (Å²) in [6.45, 7) is 0.785. The van der Waals surface area contributed by atoms with Crippen LogP contribution in [-0.2, 0) is 16.1 Å². The number of ether oxygens (including phenoxy) is 1. The Morgan fingerprint density at radius 3 is 2.83 bits per heavy atom. The second kappa shape index (κ2) is 4.33. The topological polar surface area (TPSA) is 58.6 Å². The molecule has 94 valence electrons. The highest BCUT2D eigenvalue weighted by atomic mass is 16.6. The first-order valence-corrected chi connectivity index (χ1v) is 6.02. The molecule has 3 heterocycles. The van der Waals surface area contributed by atoms with Gasteiger partial charge in [-0.2, -0.15) is 0 Å². The molecule has 4 rings (SSSR count). The Kier molecular flexibility index (Phi) is 2.66. The maximum Gasteiger partial charge on any atom is 0.411 e. The van der Waals surface area contributed by atoms with Crippen molar-refractivity contribution >= 4 is 12.0 Å². The second-order valence-corrected chi connectivity index (χ2v) is 4.60. The molecule has 0 unspecified atom stereocenters. The van der Waals surface area contributed by atoms with Crippen LogP contribution in [-0.4, -0.2) is 35.5 Å². The van der Waals surface area contributed by atoms with E-state index in [1.807, 2.05) is 30.3 Å². The molecule has 2 amide bonds. The number of fused-ring (bicyclic) bond motifs is 2. The van der Waals surface area contributed by atoms with E-state index >= 15 is 0 Å². The summed E-state index contributed by atoms with van der Waals surface area (Å²) in [5, 5.41) is 2.75. The lowest BCUT2D eigenvalue weighted by atomic mass is 9.89. The molecule has 1 aromatic rings. The number of benzene rings is 1. The lowest BCUT2D eigenvalue weighted by Gasteiger charge is -2.50. The molecule has 0 saturated carbocycles. The van der Waals surface area contributed by atoms with Gasteiger partial charge in [-0.3, -0.25) is 9.69 Å². The fourth-order valence-electron chi connectivity index (χ4n) is 2.42. The maximum atomic E-state index is 11.9. The molecule has 0 radical (unpaired) electrons. The molecular formula is C13H14N2O3. The highest BCUT2D eigenvalue weighted by Gasteiger charge is 2.50. The predicted molar refractivity (Wildman–Crippen MR) is 63.7 cm³/mol. The van der Waals surface area contributed by atoms with Crippen molar-refractivity contribution in [1.82, 2.24) is 10.2 Å². The molecule has 5 nitrogen and oxygen atoms in total. The standard InChI is InChI=1S/C13H14N2O3/c16-12-11-6-10(7-14-12)15(11)13(17)18-8-9-4-2-1-3-5-9/h1-5,10-11H,6-8H2,(H,14,16)/t10-,11+/m0/s1. The van der Waals surface area contributed by atoms with Crippen molar-refractivity contribution < 1.29 is 14.3 Å². The predicted octanol–water partition coefficient (Wildman–Crippen LogP) is 0.896. The normalized spacial score (nSPS) is 25.1. The Bertz CT molecular complexity index is 472. The summed E-state index contributed by atoms with van der Waals surface area (Å²) in [5.41, 5.74) is 0.945. The molecular weight excluding hydrogens is 232 g/mol. The van der Waals surface area contributed by atoms with Crippen LogP contribution < -0.4 is 5.32 Å². The molecule has 0 aliphatic carbocycles. The highest BCUT2D eigenvalue weighted by molar-refractivity contribution is 5.89. The number of hydrogen-bond donors (Lipinski definition) is 1. The monoisotopic (exact) mass is 246 g/mol. The fourth-order valence-corrected chi connectivity index (χ4v) is 2.42. The SMILES string of the molecule is O=C1NC[C@@H]2C[C@H]1N2C(=O)OCc1ccccc1. The van der Waals surface area contributed by atoms with Gasteiger partial charge in [0.05, 0.1) is 6.04 Å². The second-order valence-electron chi connectivity index (χ2n) is 4.60. The average Bonchev–Trinajstić information content (AvgIpc) is 2.37. The Morgan fingerprint density at radius 1 is 1.39 bits per heavy atom. The van der Waals surface area contributed by atoms with Crippen LogP contribution in [0.1, 0.15) is 12.0 Å². The molecule has 1 aromatic carbocycles. The molecule has 18 heavy (non-hydrogen) atoms. The van der Waals surface area contributed by atoms with Gasteiger partial charge in [-0.15, -0.1) is 0 Å². The van der Waals surface area contributed by atoms with E-state index in [2.05, 4.69) is 5.32 Å². The van der Waals surface area contributed by atoms with Crippen molar-refractivity contribution in [2.24, 2.45) is 0 Å². The van der Waals surface area contributed by atoms with Gasteiger partial charge in [-0.25, -0.2) is 4.79 Å². The van der Waals surface area contributed by atoms with Crippen LogP contribution in [0.2, 0.25) is 0 Å². The maximum absolute atomic E-state index is 11.9. The Hall–Kier alpha value is -2.04. The molecule has 3 aliphatic heterocycles. The van der Waals surface area contributed by atoms with E-state index in [9.17, 15) is 9.59 Å². The Morgan fingerprint density at radius 2 is 2.17 bits per heavy atom. The third kappa shape index (κ3) is 1.81. The number of nitrogens with zero attached hydrogens (tertiary/aromatic N) is 1. The van der Waals surface area contributed by atoms with E-state index in [-0.39, 0.29) is 24.6 Å².